The zero-order valence-corrected chi connectivity index (χ0v) is 11.8. The fraction of sp³-hybridized carbons (Fsp3) is 0.429. The molecule has 1 rings (SSSR count). The summed E-state index contributed by atoms with van der Waals surface area (Å²) in [5.41, 5.74) is -0.280. The summed E-state index contributed by atoms with van der Waals surface area (Å²) in [7, 11) is 1.52. The zero-order chi connectivity index (χ0) is 15.3. The molecular weight excluding hydrogens is 262 g/mol. The number of benzene rings is 1. The zero-order valence-electron chi connectivity index (χ0n) is 11.8. The third-order valence-corrected chi connectivity index (χ3v) is 2.88. The van der Waals surface area contributed by atoms with Crippen molar-refractivity contribution >= 4 is 11.9 Å². The molecule has 1 unspecified atom stereocenters. The lowest BCUT2D eigenvalue weighted by Gasteiger charge is -2.18. The summed E-state index contributed by atoms with van der Waals surface area (Å²) in [5, 5.41) is 20.7. The van der Waals surface area contributed by atoms with Crippen LogP contribution in [0.3, 0.4) is 0 Å². The van der Waals surface area contributed by atoms with Gasteiger partial charge in [0, 0.05) is 5.56 Å². The highest BCUT2D eigenvalue weighted by molar-refractivity contribution is 5.82. The molecule has 6 nitrogen and oxygen atoms in total. The second-order valence-electron chi connectivity index (χ2n) is 4.85. The van der Waals surface area contributed by atoms with E-state index in [9.17, 15) is 14.7 Å². The number of aliphatic carboxylic acids is 1. The minimum Gasteiger partial charge on any atom is -0.496 e. The number of methoxy groups -OCH3 is 1. The fourth-order valence-electron chi connectivity index (χ4n) is 1.63. The Morgan fingerprint density at radius 2 is 2.05 bits per heavy atom. The molecule has 1 amide bonds. The lowest BCUT2D eigenvalue weighted by Crippen LogP contribution is -2.46. The quantitative estimate of drug-likeness (QED) is 0.705. The molecule has 0 saturated heterocycles. The molecule has 1 atom stereocenters. The molecule has 1 aromatic rings. The van der Waals surface area contributed by atoms with Crippen LogP contribution in [0.2, 0.25) is 0 Å². The molecule has 0 heterocycles. The molecule has 0 aliphatic rings. The molecule has 0 aromatic heterocycles. The second-order valence-corrected chi connectivity index (χ2v) is 4.85. The van der Waals surface area contributed by atoms with Crippen LogP contribution < -0.4 is 10.1 Å². The van der Waals surface area contributed by atoms with E-state index in [-0.39, 0.29) is 18.9 Å². The minimum atomic E-state index is -1.98. The number of ether oxygens (including phenoxy) is 1. The van der Waals surface area contributed by atoms with Gasteiger partial charge in [-0.05, 0) is 19.9 Å². The number of aryl methyl sites for hydroxylation is 1. The van der Waals surface area contributed by atoms with Crippen molar-refractivity contribution in [1.29, 1.82) is 0 Å². The predicted molar refractivity (Wildman–Crippen MR) is 72.7 cm³/mol. The van der Waals surface area contributed by atoms with Crippen molar-refractivity contribution in [3.63, 3.8) is 0 Å². The van der Waals surface area contributed by atoms with Crippen LogP contribution in [0.25, 0.3) is 0 Å². The van der Waals surface area contributed by atoms with Crippen molar-refractivity contribution in [2.45, 2.75) is 25.9 Å². The molecule has 1 aromatic carbocycles. The Bertz CT molecular complexity index is 510. The van der Waals surface area contributed by atoms with E-state index in [0.29, 0.717) is 11.3 Å². The number of hydrogen-bond acceptors (Lipinski definition) is 4. The highest BCUT2D eigenvalue weighted by atomic mass is 16.5. The molecule has 6 heteroatoms. The van der Waals surface area contributed by atoms with Crippen molar-refractivity contribution < 1.29 is 24.5 Å². The third kappa shape index (κ3) is 4.24. The van der Waals surface area contributed by atoms with Crippen molar-refractivity contribution in [3.8, 4) is 5.75 Å². The highest BCUT2D eigenvalue weighted by Gasteiger charge is 2.30. The minimum absolute atomic E-state index is 0.0561. The summed E-state index contributed by atoms with van der Waals surface area (Å²) in [5.74, 6) is -1.17. The van der Waals surface area contributed by atoms with Gasteiger partial charge in [0.25, 0.3) is 0 Å². The topological polar surface area (TPSA) is 95.9 Å². The predicted octanol–water partition coefficient (Wildman–Crippen LogP) is 0.498. The molecule has 0 bridgehead atoms. The van der Waals surface area contributed by atoms with Gasteiger partial charge in [-0.2, -0.15) is 0 Å². The van der Waals surface area contributed by atoms with Gasteiger partial charge in [0.1, 0.15) is 5.75 Å². The number of carboxylic acid groups (broad SMARTS) is 1. The van der Waals surface area contributed by atoms with Crippen LogP contribution in [-0.4, -0.2) is 41.3 Å². The number of carboxylic acids is 1. The van der Waals surface area contributed by atoms with E-state index in [0.717, 1.165) is 12.5 Å². The number of nitrogens with one attached hydrogen (secondary N) is 1. The van der Waals surface area contributed by atoms with Crippen LogP contribution in [0.15, 0.2) is 18.2 Å². The summed E-state index contributed by atoms with van der Waals surface area (Å²) in [6.45, 7) is 2.67. The van der Waals surface area contributed by atoms with Crippen molar-refractivity contribution in [2.24, 2.45) is 0 Å². The molecule has 20 heavy (non-hydrogen) atoms. The smallest absolute Gasteiger partial charge is 0.337 e. The first-order valence-corrected chi connectivity index (χ1v) is 6.12. The van der Waals surface area contributed by atoms with Gasteiger partial charge in [0.2, 0.25) is 5.91 Å². The van der Waals surface area contributed by atoms with Crippen LogP contribution in [-0.2, 0) is 16.0 Å². The summed E-state index contributed by atoms with van der Waals surface area (Å²) in [4.78, 5) is 22.5. The molecule has 110 valence electrons. The van der Waals surface area contributed by atoms with Crippen LogP contribution >= 0.6 is 0 Å². The molecule has 0 radical (unpaired) electrons. The van der Waals surface area contributed by atoms with Crippen molar-refractivity contribution in [2.75, 3.05) is 13.7 Å². The Labute approximate surface area is 117 Å². The Kier molecular flexibility index (Phi) is 5.10. The van der Waals surface area contributed by atoms with Gasteiger partial charge in [0.05, 0.1) is 20.1 Å². The van der Waals surface area contributed by atoms with Gasteiger partial charge in [-0.3, -0.25) is 4.79 Å². The Balaban J connectivity index is 2.68. The van der Waals surface area contributed by atoms with Crippen LogP contribution in [0.5, 0.6) is 5.75 Å². The van der Waals surface area contributed by atoms with Gasteiger partial charge >= 0.3 is 5.97 Å². The number of rotatable bonds is 6. The fourth-order valence-corrected chi connectivity index (χ4v) is 1.63. The number of carbonyl (C=O) groups excluding carboxylic acids is 1. The summed E-state index contributed by atoms with van der Waals surface area (Å²) in [6.07, 6.45) is 0.0561. The summed E-state index contributed by atoms with van der Waals surface area (Å²) < 4.78 is 5.16. The first-order chi connectivity index (χ1) is 9.26. The maximum absolute atomic E-state index is 11.8. The Hall–Kier alpha value is -2.08. The van der Waals surface area contributed by atoms with E-state index in [1.54, 1.807) is 6.07 Å². The maximum Gasteiger partial charge on any atom is 0.337 e. The average molecular weight is 281 g/mol. The molecule has 3 N–H and O–H groups in total. The SMILES string of the molecule is COc1ccc(C)cc1CC(=O)NCC(C)(O)C(=O)O. The summed E-state index contributed by atoms with van der Waals surface area (Å²) in [6, 6.07) is 5.47. The lowest BCUT2D eigenvalue weighted by molar-refractivity contribution is -0.156. The van der Waals surface area contributed by atoms with Gasteiger partial charge in [-0.25, -0.2) is 4.79 Å². The monoisotopic (exact) mass is 281 g/mol. The second kappa shape index (κ2) is 6.38. The number of carbonyl (C=O) groups is 2. The molecule has 0 fully saturated rings. The van der Waals surface area contributed by atoms with E-state index in [1.807, 2.05) is 19.1 Å². The number of hydrogen-bond donors (Lipinski definition) is 3. The molecule has 0 spiro atoms. The van der Waals surface area contributed by atoms with Gasteiger partial charge in [0.15, 0.2) is 5.60 Å². The van der Waals surface area contributed by atoms with Crippen LogP contribution in [0.4, 0.5) is 0 Å². The normalized spacial score (nSPS) is 13.4. The highest BCUT2D eigenvalue weighted by Crippen LogP contribution is 2.20. The molecular formula is C14H19NO5. The average Bonchev–Trinajstić information content (AvgIpc) is 2.36. The van der Waals surface area contributed by atoms with Gasteiger partial charge in [-0.15, -0.1) is 0 Å². The van der Waals surface area contributed by atoms with E-state index >= 15 is 0 Å². The lowest BCUT2D eigenvalue weighted by atomic mass is 10.1. The molecule has 0 aliphatic carbocycles. The van der Waals surface area contributed by atoms with Gasteiger partial charge < -0.3 is 20.3 Å². The number of aliphatic hydroxyl groups is 1. The van der Waals surface area contributed by atoms with Crippen molar-refractivity contribution in [3.05, 3.63) is 29.3 Å². The standard InChI is InChI=1S/C14H19NO5/c1-9-4-5-11(20-3)10(6-9)7-12(16)15-8-14(2,19)13(17)18/h4-6,19H,7-8H2,1-3H3,(H,15,16)(H,17,18). The van der Waals surface area contributed by atoms with Crippen molar-refractivity contribution in [1.82, 2.24) is 5.32 Å². The van der Waals surface area contributed by atoms with Crippen LogP contribution in [0, 0.1) is 6.92 Å². The number of amides is 1. The largest absolute Gasteiger partial charge is 0.496 e. The van der Waals surface area contributed by atoms with E-state index < -0.39 is 11.6 Å². The first kappa shape index (κ1) is 16.0. The van der Waals surface area contributed by atoms with Gasteiger partial charge in [-0.1, -0.05) is 17.7 Å². The first-order valence-electron chi connectivity index (χ1n) is 6.12. The third-order valence-electron chi connectivity index (χ3n) is 2.88. The Morgan fingerprint density at radius 1 is 1.40 bits per heavy atom. The van der Waals surface area contributed by atoms with E-state index in [4.69, 9.17) is 9.84 Å². The Morgan fingerprint density at radius 3 is 2.60 bits per heavy atom. The maximum atomic E-state index is 11.8. The van der Waals surface area contributed by atoms with E-state index in [1.165, 1.54) is 7.11 Å². The van der Waals surface area contributed by atoms with E-state index in [2.05, 4.69) is 5.32 Å². The molecule has 0 saturated carbocycles. The van der Waals surface area contributed by atoms with Crippen LogP contribution in [0.1, 0.15) is 18.1 Å². The molecule has 0 aliphatic heterocycles. The summed E-state index contributed by atoms with van der Waals surface area (Å²) >= 11 is 0.